The van der Waals surface area contributed by atoms with Gasteiger partial charge in [-0.3, -0.25) is 0 Å². The summed E-state index contributed by atoms with van der Waals surface area (Å²) in [6, 6.07) is 4.86. The molecular formula is C11H6Cl2N4OS. The van der Waals surface area contributed by atoms with Crippen LogP contribution in [0.25, 0.3) is 0 Å². The molecule has 1 aromatic carbocycles. The van der Waals surface area contributed by atoms with E-state index in [2.05, 4.69) is 14.6 Å². The van der Waals surface area contributed by atoms with Gasteiger partial charge in [0.15, 0.2) is 10.8 Å². The molecule has 0 saturated carbocycles. The van der Waals surface area contributed by atoms with Gasteiger partial charge in [0.05, 0.1) is 21.4 Å². The van der Waals surface area contributed by atoms with Crippen LogP contribution in [0.2, 0.25) is 10.0 Å². The zero-order chi connectivity index (χ0) is 14.0. The summed E-state index contributed by atoms with van der Waals surface area (Å²) in [5.41, 5.74) is 1.38. The third-order valence-corrected chi connectivity index (χ3v) is 3.61. The SMILES string of the molecule is Cc1nsc(N=Nc2cc(Cl)c(O)c(Cl)c2)c1C#N. The van der Waals surface area contributed by atoms with Crippen molar-refractivity contribution >= 4 is 45.4 Å². The summed E-state index contributed by atoms with van der Waals surface area (Å²) in [5.74, 6) is -0.200. The van der Waals surface area contributed by atoms with E-state index in [1.807, 2.05) is 6.07 Å². The van der Waals surface area contributed by atoms with Crippen LogP contribution in [0.15, 0.2) is 22.4 Å². The first kappa shape index (κ1) is 13.7. The number of aromatic nitrogens is 1. The van der Waals surface area contributed by atoms with Crippen LogP contribution >= 0.6 is 34.7 Å². The Morgan fingerprint density at radius 2 is 1.95 bits per heavy atom. The summed E-state index contributed by atoms with van der Waals surface area (Å²) in [7, 11) is 0. The fourth-order valence-electron chi connectivity index (χ4n) is 1.27. The van der Waals surface area contributed by atoms with Gasteiger partial charge in [0.2, 0.25) is 0 Å². The molecule has 19 heavy (non-hydrogen) atoms. The Labute approximate surface area is 122 Å². The van der Waals surface area contributed by atoms with Gasteiger partial charge in [0.25, 0.3) is 0 Å². The Kier molecular flexibility index (Phi) is 4.00. The van der Waals surface area contributed by atoms with Crippen molar-refractivity contribution in [3.63, 3.8) is 0 Å². The molecule has 0 spiro atoms. The van der Waals surface area contributed by atoms with Gasteiger partial charge in [0, 0.05) is 0 Å². The fourth-order valence-corrected chi connectivity index (χ4v) is 2.42. The lowest BCUT2D eigenvalue weighted by Gasteiger charge is -2.00. The molecule has 0 atom stereocenters. The second-order valence-electron chi connectivity index (χ2n) is 3.52. The largest absolute Gasteiger partial charge is 0.505 e. The van der Waals surface area contributed by atoms with Crippen LogP contribution in [0.4, 0.5) is 10.7 Å². The molecule has 1 heterocycles. The van der Waals surface area contributed by atoms with Gasteiger partial charge in [-0.15, -0.1) is 10.2 Å². The number of halogens is 2. The third kappa shape index (κ3) is 2.84. The number of nitriles is 1. The lowest BCUT2D eigenvalue weighted by molar-refractivity contribution is 0.476. The Morgan fingerprint density at radius 1 is 1.32 bits per heavy atom. The molecule has 0 saturated heterocycles. The molecule has 0 radical (unpaired) electrons. The number of hydrogen-bond acceptors (Lipinski definition) is 6. The standard InChI is InChI=1S/C11H6Cl2N4OS/c1-5-7(4-14)11(19-17-5)16-15-6-2-8(12)10(18)9(13)3-6/h2-3,18H,1H3. The summed E-state index contributed by atoms with van der Waals surface area (Å²) in [6.07, 6.45) is 0. The maximum atomic E-state index is 9.41. The van der Waals surface area contributed by atoms with E-state index >= 15 is 0 Å². The molecule has 8 heteroatoms. The smallest absolute Gasteiger partial charge is 0.176 e. The number of benzene rings is 1. The van der Waals surface area contributed by atoms with E-state index in [-0.39, 0.29) is 15.8 Å². The lowest BCUT2D eigenvalue weighted by atomic mass is 10.3. The van der Waals surface area contributed by atoms with E-state index in [4.69, 9.17) is 28.5 Å². The summed E-state index contributed by atoms with van der Waals surface area (Å²) in [4.78, 5) is 0. The van der Waals surface area contributed by atoms with Crippen LogP contribution in [-0.4, -0.2) is 9.48 Å². The van der Waals surface area contributed by atoms with Gasteiger partial charge in [-0.2, -0.15) is 9.64 Å². The fraction of sp³-hybridized carbons (Fsp3) is 0.0909. The zero-order valence-electron chi connectivity index (χ0n) is 9.55. The molecule has 0 amide bonds. The highest BCUT2D eigenvalue weighted by Gasteiger charge is 2.10. The number of phenols is 1. The van der Waals surface area contributed by atoms with E-state index in [0.29, 0.717) is 21.9 Å². The van der Waals surface area contributed by atoms with E-state index in [9.17, 15) is 5.11 Å². The molecule has 0 bridgehead atoms. The minimum atomic E-state index is -0.200. The monoisotopic (exact) mass is 312 g/mol. The van der Waals surface area contributed by atoms with E-state index in [1.165, 1.54) is 12.1 Å². The highest BCUT2D eigenvalue weighted by atomic mass is 35.5. The molecule has 5 nitrogen and oxygen atoms in total. The summed E-state index contributed by atoms with van der Waals surface area (Å²) < 4.78 is 4.02. The first-order chi connectivity index (χ1) is 9.02. The van der Waals surface area contributed by atoms with E-state index in [0.717, 1.165) is 11.5 Å². The maximum Gasteiger partial charge on any atom is 0.176 e. The zero-order valence-corrected chi connectivity index (χ0v) is 11.9. The second kappa shape index (κ2) is 5.53. The van der Waals surface area contributed by atoms with Crippen molar-refractivity contribution in [2.24, 2.45) is 10.2 Å². The molecule has 0 aliphatic carbocycles. The number of aromatic hydroxyl groups is 1. The van der Waals surface area contributed by atoms with Crippen molar-refractivity contribution in [3.8, 4) is 11.8 Å². The van der Waals surface area contributed by atoms with Crippen molar-refractivity contribution in [3.05, 3.63) is 33.4 Å². The van der Waals surface area contributed by atoms with Crippen LogP contribution < -0.4 is 0 Å². The average molecular weight is 313 g/mol. The van der Waals surface area contributed by atoms with Crippen molar-refractivity contribution in [2.75, 3.05) is 0 Å². The van der Waals surface area contributed by atoms with Gasteiger partial charge in [-0.05, 0) is 30.6 Å². The summed E-state index contributed by atoms with van der Waals surface area (Å²) in [5, 5.41) is 26.8. The molecule has 1 N–H and O–H groups in total. The predicted octanol–water partition coefficient (Wildman–Crippen LogP) is 4.75. The van der Waals surface area contributed by atoms with Crippen molar-refractivity contribution in [1.29, 1.82) is 5.26 Å². The Bertz CT molecular complexity index is 682. The highest BCUT2D eigenvalue weighted by Crippen LogP contribution is 2.36. The van der Waals surface area contributed by atoms with Gasteiger partial charge in [-0.25, -0.2) is 0 Å². The highest BCUT2D eigenvalue weighted by molar-refractivity contribution is 7.10. The second-order valence-corrected chi connectivity index (χ2v) is 5.08. The Morgan fingerprint density at radius 3 is 2.53 bits per heavy atom. The average Bonchev–Trinajstić information content (AvgIpc) is 2.73. The van der Waals surface area contributed by atoms with E-state index in [1.54, 1.807) is 6.92 Å². The lowest BCUT2D eigenvalue weighted by Crippen LogP contribution is -1.74. The van der Waals surface area contributed by atoms with Gasteiger partial charge >= 0.3 is 0 Å². The minimum Gasteiger partial charge on any atom is -0.505 e. The number of phenolic OH excluding ortho intramolecular Hbond substituents is 1. The summed E-state index contributed by atoms with van der Waals surface area (Å²) >= 11 is 12.6. The molecule has 2 aromatic rings. The van der Waals surface area contributed by atoms with Gasteiger partial charge in [0.1, 0.15) is 11.6 Å². The topological polar surface area (TPSA) is 81.6 Å². The van der Waals surface area contributed by atoms with Crippen molar-refractivity contribution in [2.45, 2.75) is 6.92 Å². The van der Waals surface area contributed by atoms with Crippen LogP contribution in [-0.2, 0) is 0 Å². The van der Waals surface area contributed by atoms with Crippen molar-refractivity contribution in [1.82, 2.24) is 4.37 Å². The van der Waals surface area contributed by atoms with Crippen LogP contribution in [0, 0.1) is 18.3 Å². The number of nitrogens with zero attached hydrogens (tertiary/aromatic N) is 4. The first-order valence-electron chi connectivity index (χ1n) is 4.99. The van der Waals surface area contributed by atoms with Crippen molar-refractivity contribution < 1.29 is 5.11 Å². The van der Waals surface area contributed by atoms with E-state index < -0.39 is 0 Å². The molecule has 1 aromatic heterocycles. The normalized spacial score (nSPS) is 10.8. The van der Waals surface area contributed by atoms with Gasteiger partial charge in [-0.1, -0.05) is 23.2 Å². The third-order valence-electron chi connectivity index (χ3n) is 2.21. The Balaban J connectivity index is 2.36. The Hall–Kier alpha value is -1.68. The van der Waals surface area contributed by atoms with Crippen LogP contribution in [0.3, 0.4) is 0 Å². The minimum absolute atomic E-state index is 0.0856. The molecule has 2 rings (SSSR count). The number of aryl methyl sites for hydroxylation is 1. The maximum absolute atomic E-state index is 9.41. The van der Waals surface area contributed by atoms with Crippen LogP contribution in [0.1, 0.15) is 11.3 Å². The molecule has 0 aliphatic rings. The number of rotatable bonds is 2. The summed E-state index contributed by atoms with van der Waals surface area (Å²) in [6.45, 7) is 1.72. The molecule has 96 valence electrons. The number of hydrogen-bond donors (Lipinski definition) is 1. The van der Waals surface area contributed by atoms with Crippen LogP contribution in [0.5, 0.6) is 5.75 Å². The molecule has 0 aliphatic heterocycles. The molecule has 0 fully saturated rings. The predicted molar refractivity (Wildman–Crippen MR) is 73.9 cm³/mol. The first-order valence-corrected chi connectivity index (χ1v) is 6.52. The molecule has 0 unspecified atom stereocenters. The number of azo groups is 1. The van der Waals surface area contributed by atoms with Gasteiger partial charge < -0.3 is 5.11 Å². The quantitative estimate of drug-likeness (QED) is 0.812. The molecular weight excluding hydrogens is 307 g/mol.